The van der Waals surface area contributed by atoms with Crippen molar-refractivity contribution in [3.8, 4) is 11.1 Å². The van der Waals surface area contributed by atoms with E-state index in [1.165, 1.54) is 19.3 Å². The molecule has 2 unspecified atom stereocenters. The van der Waals surface area contributed by atoms with Gasteiger partial charge in [0.25, 0.3) is 5.91 Å². The van der Waals surface area contributed by atoms with Gasteiger partial charge in [-0.15, -0.1) is 0 Å². The van der Waals surface area contributed by atoms with Gasteiger partial charge in [-0.2, -0.15) is 0 Å². The largest absolute Gasteiger partial charge is 0.480 e. The minimum atomic E-state index is -1.54. The molecule has 2 amide bonds. The summed E-state index contributed by atoms with van der Waals surface area (Å²) in [5, 5.41) is 23.3. The summed E-state index contributed by atoms with van der Waals surface area (Å²) in [6, 6.07) is 15.7. The van der Waals surface area contributed by atoms with Crippen LogP contribution in [0.5, 0.6) is 0 Å². The average molecular weight is 450 g/mol. The Bertz CT molecular complexity index is 1160. The number of amides is 2. The van der Waals surface area contributed by atoms with Gasteiger partial charge < -0.3 is 24.7 Å². The highest BCUT2D eigenvalue weighted by Gasteiger charge is 2.30. The maximum Gasteiger partial charge on any atom is 0.411 e. The SMILES string of the molecule is CC(O)C(NC(=O)c1occc1NC(=O)OCC1c2ccccc2-c2ccccc21)C(=O)O. The first-order valence-corrected chi connectivity index (χ1v) is 10.3. The molecule has 4 N–H and O–H groups in total. The molecular weight excluding hydrogens is 428 g/mol. The second-order valence-corrected chi connectivity index (χ2v) is 7.64. The van der Waals surface area contributed by atoms with Crippen molar-refractivity contribution < 1.29 is 33.8 Å². The van der Waals surface area contributed by atoms with Crippen LogP contribution in [0.1, 0.15) is 34.5 Å². The van der Waals surface area contributed by atoms with Gasteiger partial charge in [0, 0.05) is 12.0 Å². The first-order valence-electron chi connectivity index (χ1n) is 10.3. The molecule has 0 spiro atoms. The molecule has 0 saturated heterocycles. The van der Waals surface area contributed by atoms with Crippen molar-refractivity contribution in [1.29, 1.82) is 0 Å². The van der Waals surface area contributed by atoms with Crippen molar-refractivity contribution in [2.75, 3.05) is 11.9 Å². The highest BCUT2D eigenvalue weighted by Crippen LogP contribution is 2.44. The van der Waals surface area contributed by atoms with Gasteiger partial charge in [-0.05, 0) is 29.2 Å². The van der Waals surface area contributed by atoms with Gasteiger partial charge >= 0.3 is 12.1 Å². The van der Waals surface area contributed by atoms with E-state index in [0.717, 1.165) is 22.3 Å². The van der Waals surface area contributed by atoms with E-state index in [9.17, 15) is 19.5 Å². The molecule has 3 aromatic rings. The van der Waals surface area contributed by atoms with E-state index < -0.39 is 30.1 Å². The molecular formula is C24H22N2O7. The van der Waals surface area contributed by atoms with Crippen LogP contribution in [0, 0.1) is 0 Å². The molecule has 1 aromatic heterocycles. The Morgan fingerprint density at radius 3 is 2.21 bits per heavy atom. The number of nitrogens with one attached hydrogen (secondary N) is 2. The zero-order valence-electron chi connectivity index (χ0n) is 17.6. The number of ether oxygens (including phenoxy) is 1. The van der Waals surface area contributed by atoms with Gasteiger partial charge in [0.05, 0.1) is 18.1 Å². The van der Waals surface area contributed by atoms with Gasteiger partial charge in [0.1, 0.15) is 6.61 Å². The summed E-state index contributed by atoms with van der Waals surface area (Å²) < 4.78 is 10.5. The standard InChI is InChI=1S/C24H22N2O7/c1-13(27)20(23(29)30)26-22(28)21-19(10-11-32-21)25-24(31)33-12-18-16-8-4-2-6-14(16)15-7-3-5-9-17(15)18/h2-11,13,18,20,27H,12H2,1H3,(H,25,31)(H,26,28)(H,29,30). The minimum absolute atomic E-state index is 0.0134. The quantitative estimate of drug-likeness (QED) is 0.434. The summed E-state index contributed by atoms with van der Waals surface area (Å²) in [6.45, 7) is 1.32. The van der Waals surface area contributed by atoms with E-state index in [0.29, 0.717) is 0 Å². The third-order valence-corrected chi connectivity index (χ3v) is 5.49. The predicted octanol–water partition coefficient (Wildman–Crippen LogP) is 3.20. The van der Waals surface area contributed by atoms with Crippen LogP contribution < -0.4 is 10.6 Å². The fraction of sp³-hybridized carbons (Fsp3) is 0.208. The van der Waals surface area contributed by atoms with Crippen LogP contribution in [0.2, 0.25) is 0 Å². The molecule has 9 nitrogen and oxygen atoms in total. The number of carboxylic acids is 1. The Labute approximate surface area is 189 Å². The van der Waals surface area contributed by atoms with Crippen LogP contribution >= 0.6 is 0 Å². The summed E-state index contributed by atoms with van der Waals surface area (Å²) in [7, 11) is 0. The number of hydrogen-bond acceptors (Lipinski definition) is 6. The lowest BCUT2D eigenvalue weighted by molar-refractivity contribution is -0.141. The summed E-state index contributed by atoms with van der Waals surface area (Å²) in [5.74, 6) is -2.74. The van der Waals surface area contributed by atoms with Crippen molar-refractivity contribution >= 4 is 23.7 Å². The number of hydrogen-bond donors (Lipinski definition) is 4. The zero-order valence-corrected chi connectivity index (χ0v) is 17.6. The molecule has 1 aliphatic carbocycles. The Hall–Kier alpha value is -4.11. The lowest BCUT2D eigenvalue weighted by Crippen LogP contribution is -2.47. The van der Waals surface area contributed by atoms with Gasteiger partial charge in [-0.1, -0.05) is 48.5 Å². The fourth-order valence-electron chi connectivity index (χ4n) is 3.92. The zero-order chi connectivity index (χ0) is 23.5. The van der Waals surface area contributed by atoms with E-state index in [4.69, 9.17) is 14.3 Å². The van der Waals surface area contributed by atoms with E-state index in [1.54, 1.807) is 0 Å². The van der Waals surface area contributed by atoms with Gasteiger partial charge in [-0.25, -0.2) is 9.59 Å². The van der Waals surface area contributed by atoms with Crippen LogP contribution in [0.25, 0.3) is 11.1 Å². The molecule has 1 heterocycles. The molecule has 33 heavy (non-hydrogen) atoms. The third kappa shape index (κ3) is 4.44. The number of benzene rings is 2. The lowest BCUT2D eigenvalue weighted by atomic mass is 9.98. The van der Waals surface area contributed by atoms with Crippen LogP contribution in [0.15, 0.2) is 65.3 Å². The molecule has 9 heteroatoms. The van der Waals surface area contributed by atoms with E-state index in [1.807, 2.05) is 48.5 Å². The number of furan rings is 1. The first-order chi connectivity index (χ1) is 15.9. The van der Waals surface area contributed by atoms with Gasteiger partial charge in [-0.3, -0.25) is 10.1 Å². The summed E-state index contributed by atoms with van der Waals surface area (Å²) in [5.41, 5.74) is 4.34. The number of aliphatic carboxylic acids is 1. The summed E-state index contributed by atoms with van der Waals surface area (Å²) in [6.07, 6.45) is -0.954. The predicted molar refractivity (Wildman–Crippen MR) is 118 cm³/mol. The molecule has 2 aromatic carbocycles. The van der Waals surface area contributed by atoms with Crippen molar-refractivity contribution in [2.45, 2.75) is 25.0 Å². The lowest BCUT2D eigenvalue weighted by Gasteiger charge is -2.17. The van der Waals surface area contributed by atoms with Crippen molar-refractivity contribution in [3.63, 3.8) is 0 Å². The highest BCUT2D eigenvalue weighted by atomic mass is 16.5. The topological polar surface area (TPSA) is 138 Å². The number of aliphatic hydroxyl groups excluding tert-OH is 1. The Morgan fingerprint density at radius 1 is 1.03 bits per heavy atom. The smallest absolute Gasteiger partial charge is 0.411 e. The monoisotopic (exact) mass is 450 g/mol. The Balaban J connectivity index is 1.43. The molecule has 0 aliphatic heterocycles. The van der Waals surface area contributed by atoms with Crippen molar-refractivity contribution in [1.82, 2.24) is 5.32 Å². The van der Waals surface area contributed by atoms with Crippen molar-refractivity contribution in [2.24, 2.45) is 0 Å². The van der Waals surface area contributed by atoms with Crippen molar-refractivity contribution in [3.05, 3.63) is 77.7 Å². The molecule has 0 fully saturated rings. The van der Waals surface area contributed by atoms with E-state index in [2.05, 4.69) is 10.6 Å². The minimum Gasteiger partial charge on any atom is -0.480 e. The molecule has 1 aliphatic rings. The van der Waals surface area contributed by atoms with Gasteiger partial charge in [0.2, 0.25) is 5.76 Å². The molecule has 2 atom stereocenters. The number of rotatable bonds is 7. The third-order valence-electron chi connectivity index (χ3n) is 5.49. The highest BCUT2D eigenvalue weighted by molar-refractivity contribution is 6.01. The maximum atomic E-state index is 12.5. The number of carboxylic acid groups (broad SMARTS) is 1. The molecule has 0 saturated carbocycles. The molecule has 170 valence electrons. The average Bonchev–Trinajstić information content (AvgIpc) is 3.38. The Morgan fingerprint density at radius 2 is 1.64 bits per heavy atom. The van der Waals surface area contributed by atoms with Gasteiger partial charge in [0.15, 0.2) is 6.04 Å². The number of carbonyl (C=O) groups excluding carboxylic acids is 2. The van der Waals surface area contributed by atoms with Crippen LogP contribution in [-0.2, 0) is 9.53 Å². The van der Waals surface area contributed by atoms with Crippen LogP contribution in [0.3, 0.4) is 0 Å². The number of carbonyl (C=O) groups is 3. The van der Waals surface area contributed by atoms with E-state index >= 15 is 0 Å². The summed E-state index contributed by atoms with van der Waals surface area (Å²) in [4.78, 5) is 36.1. The van der Waals surface area contributed by atoms with E-state index in [-0.39, 0.29) is 24.0 Å². The normalized spacial score (nSPS) is 14.0. The van der Waals surface area contributed by atoms with Crippen LogP contribution in [-0.4, -0.2) is 46.9 Å². The molecule has 0 radical (unpaired) electrons. The number of anilines is 1. The second kappa shape index (κ2) is 9.17. The van der Waals surface area contributed by atoms with Crippen LogP contribution in [0.4, 0.5) is 10.5 Å². The molecule has 0 bridgehead atoms. The number of fused-ring (bicyclic) bond motifs is 3. The Kier molecular flexibility index (Phi) is 6.14. The first kappa shape index (κ1) is 22.1. The fourth-order valence-corrected chi connectivity index (χ4v) is 3.92. The molecule has 4 rings (SSSR count). The number of aliphatic hydroxyl groups is 1. The maximum absolute atomic E-state index is 12.5. The second-order valence-electron chi connectivity index (χ2n) is 7.64. The summed E-state index contributed by atoms with van der Waals surface area (Å²) >= 11 is 0.